The molecule has 0 saturated carbocycles. The Labute approximate surface area is 201 Å². The van der Waals surface area contributed by atoms with E-state index in [0.29, 0.717) is 49.5 Å². The van der Waals surface area contributed by atoms with E-state index in [1.54, 1.807) is 35.0 Å². The lowest BCUT2D eigenvalue weighted by Gasteiger charge is -2.41. The van der Waals surface area contributed by atoms with Crippen LogP contribution in [0.2, 0.25) is 0 Å². The quantitative estimate of drug-likeness (QED) is 0.612. The zero-order valence-corrected chi connectivity index (χ0v) is 20.7. The van der Waals surface area contributed by atoms with E-state index in [1.807, 2.05) is 24.3 Å². The Kier molecular flexibility index (Phi) is 8.13. The minimum Gasteiger partial charge on any atom is -0.493 e. The third kappa shape index (κ3) is 5.84. The first-order valence-electron chi connectivity index (χ1n) is 11.5. The number of rotatable bonds is 6. The topological polar surface area (TPSA) is 95.5 Å². The van der Waals surface area contributed by atoms with Gasteiger partial charge >= 0.3 is 6.09 Å². The van der Waals surface area contributed by atoms with Crippen LogP contribution in [0.1, 0.15) is 45.6 Å². The van der Waals surface area contributed by atoms with Gasteiger partial charge in [0.2, 0.25) is 5.79 Å². The zero-order chi connectivity index (χ0) is 24.8. The molecule has 0 bridgehead atoms. The zero-order valence-electron chi connectivity index (χ0n) is 20.7. The lowest BCUT2D eigenvalue weighted by Crippen LogP contribution is -2.42. The van der Waals surface area contributed by atoms with Crippen LogP contribution in [0.15, 0.2) is 29.8 Å². The van der Waals surface area contributed by atoms with Crippen LogP contribution >= 0.6 is 0 Å². The molecule has 1 saturated heterocycles. The van der Waals surface area contributed by atoms with Gasteiger partial charge in [-0.2, -0.15) is 0 Å². The van der Waals surface area contributed by atoms with Crippen LogP contribution in [0, 0.1) is 11.8 Å². The number of hydrogen-bond acceptors (Lipinski definition) is 7. The van der Waals surface area contributed by atoms with E-state index in [9.17, 15) is 9.90 Å². The Morgan fingerprint density at radius 2 is 1.85 bits per heavy atom. The number of alkyl carbamates (subject to hydrolysis) is 1. The van der Waals surface area contributed by atoms with Crippen molar-refractivity contribution in [3.63, 3.8) is 0 Å². The number of ether oxygens (including phenoxy) is 5. The van der Waals surface area contributed by atoms with Crippen LogP contribution in [0.4, 0.5) is 4.79 Å². The molecule has 1 atom stereocenters. The number of allylic oxidation sites excluding steroid dienone is 1. The van der Waals surface area contributed by atoms with Crippen molar-refractivity contribution in [2.45, 2.75) is 56.8 Å². The van der Waals surface area contributed by atoms with Crippen molar-refractivity contribution in [1.82, 2.24) is 5.32 Å². The Hall–Kier alpha value is -2.73. The fraction of sp³-hybridized carbons (Fsp3) is 0.577. The molecule has 2 N–H and O–H groups in total. The smallest absolute Gasteiger partial charge is 0.408 e. The molecule has 0 aromatic heterocycles. The van der Waals surface area contributed by atoms with Crippen molar-refractivity contribution in [3.8, 4) is 23.3 Å². The van der Waals surface area contributed by atoms with Crippen LogP contribution in [-0.2, 0) is 19.6 Å². The molecule has 1 aliphatic heterocycles. The van der Waals surface area contributed by atoms with E-state index in [0.717, 1.165) is 5.56 Å². The van der Waals surface area contributed by atoms with Gasteiger partial charge in [-0.25, -0.2) is 4.79 Å². The molecule has 34 heavy (non-hydrogen) atoms. The maximum absolute atomic E-state index is 11.9. The average molecular weight is 474 g/mol. The van der Waals surface area contributed by atoms with Crippen LogP contribution in [-0.4, -0.2) is 63.2 Å². The molecule has 1 spiro atoms. The van der Waals surface area contributed by atoms with Crippen molar-refractivity contribution < 1.29 is 33.6 Å². The van der Waals surface area contributed by atoms with Gasteiger partial charge in [-0.05, 0) is 51.3 Å². The van der Waals surface area contributed by atoms with E-state index >= 15 is 0 Å². The Balaban J connectivity index is 1.93. The minimum absolute atomic E-state index is 0.000463. The summed E-state index contributed by atoms with van der Waals surface area (Å²) in [6, 6.07) is 5.79. The lowest BCUT2D eigenvalue weighted by atomic mass is 9.68. The summed E-state index contributed by atoms with van der Waals surface area (Å²) >= 11 is 0. The standard InChI is InChI=1S/C26H35NO7/c1-24(2,3)34-23(29)27-13-6-7-20-18-25(12-14-28,10-11-26(20)32-15-16-33-26)19-8-9-21(30-4)22(17-19)31-5/h8-9,17-18,28H,10-16H2,1-5H3,(H,27,29)/t25-/m1/s1. The number of carbonyl (C=O) groups is 1. The monoisotopic (exact) mass is 473 g/mol. The summed E-state index contributed by atoms with van der Waals surface area (Å²) in [5.74, 6) is 6.50. The molecule has 3 rings (SSSR count). The van der Waals surface area contributed by atoms with Gasteiger partial charge in [-0.3, -0.25) is 0 Å². The maximum atomic E-state index is 11.9. The second-order valence-corrected chi connectivity index (χ2v) is 9.36. The Morgan fingerprint density at radius 1 is 1.15 bits per heavy atom. The van der Waals surface area contributed by atoms with Gasteiger partial charge in [0.05, 0.1) is 39.6 Å². The van der Waals surface area contributed by atoms with Gasteiger partial charge in [-0.15, -0.1) is 0 Å². The predicted molar refractivity (Wildman–Crippen MR) is 127 cm³/mol. The molecule has 1 aliphatic carbocycles. The third-order valence-corrected chi connectivity index (χ3v) is 5.94. The van der Waals surface area contributed by atoms with Crippen LogP contribution < -0.4 is 14.8 Å². The maximum Gasteiger partial charge on any atom is 0.408 e. The Morgan fingerprint density at radius 3 is 2.47 bits per heavy atom. The molecule has 0 unspecified atom stereocenters. The van der Waals surface area contributed by atoms with Gasteiger partial charge in [0.1, 0.15) is 5.60 Å². The molecule has 1 fully saturated rings. The number of hydrogen-bond donors (Lipinski definition) is 2. The third-order valence-electron chi connectivity index (χ3n) is 5.94. The molecule has 0 radical (unpaired) electrons. The van der Waals surface area contributed by atoms with Gasteiger partial charge < -0.3 is 34.1 Å². The number of aliphatic hydroxyl groups is 1. The first-order valence-corrected chi connectivity index (χ1v) is 11.5. The summed E-state index contributed by atoms with van der Waals surface area (Å²) in [4.78, 5) is 11.9. The van der Waals surface area contributed by atoms with Crippen molar-refractivity contribution in [2.75, 3.05) is 40.6 Å². The number of carbonyl (C=O) groups excluding carboxylic acids is 1. The number of nitrogens with one attached hydrogen (secondary N) is 1. The summed E-state index contributed by atoms with van der Waals surface area (Å²) < 4.78 is 28.2. The van der Waals surface area contributed by atoms with E-state index < -0.39 is 22.9 Å². The number of benzene rings is 1. The van der Waals surface area contributed by atoms with E-state index in [1.165, 1.54) is 0 Å². The fourth-order valence-electron chi connectivity index (χ4n) is 4.35. The van der Waals surface area contributed by atoms with E-state index in [4.69, 9.17) is 23.7 Å². The molecule has 8 nitrogen and oxygen atoms in total. The number of methoxy groups -OCH3 is 2. The summed E-state index contributed by atoms with van der Waals surface area (Å²) in [6.45, 7) is 6.50. The van der Waals surface area contributed by atoms with Gasteiger partial charge in [0.15, 0.2) is 11.5 Å². The summed E-state index contributed by atoms with van der Waals surface area (Å²) in [5.41, 5.74) is 0.600. The van der Waals surface area contributed by atoms with E-state index in [-0.39, 0.29) is 13.2 Å². The summed E-state index contributed by atoms with van der Waals surface area (Å²) in [6.07, 6.45) is 3.30. The fourth-order valence-corrected chi connectivity index (χ4v) is 4.35. The highest BCUT2D eigenvalue weighted by Crippen LogP contribution is 2.48. The summed E-state index contributed by atoms with van der Waals surface area (Å²) in [7, 11) is 3.19. The number of amides is 1. The average Bonchev–Trinajstić information content (AvgIpc) is 3.27. The Bertz CT molecular complexity index is 964. The molecule has 1 aromatic carbocycles. The second kappa shape index (κ2) is 10.7. The second-order valence-electron chi connectivity index (χ2n) is 9.36. The normalized spacial score (nSPS) is 21.3. The highest BCUT2D eigenvalue weighted by Gasteiger charge is 2.48. The van der Waals surface area contributed by atoms with Gasteiger partial charge in [0.25, 0.3) is 0 Å². The minimum atomic E-state index is -0.908. The SMILES string of the molecule is COc1ccc([C@]2(CCO)C=C(C#CCNC(=O)OC(C)(C)C)C3(CC2)OCCO3)cc1OC. The van der Waals surface area contributed by atoms with Gasteiger partial charge in [0, 0.05) is 18.4 Å². The molecule has 1 heterocycles. The largest absolute Gasteiger partial charge is 0.493 e. The molecule has 2 aliphatic rings. The van der Waals surface area contributed by atoms with Crippen LogP contribution in [0.25, 0.3) is 0 Å². The molecule has 186 valence electrons. The van der Waals surface area contributed by atoms with Crippen LogP contribution in [0.5, 0.6) is 11.5 Å². The van der Waals surface area contributed by atoms with Gasteiger partial charge in [-0.1, -0.05) is 24.0 Å². The number of aliphatic hydroxyl groups excluding tert-OH is 1. The first kappa shape index (κ1) is 25.9. The highest BCUT2D eigenvalue weighted by molar-refractivity contribution is 5.68. The van der Waals surface area contributed by atoms with Crippen molar-refractivity contribution in [2.24, 2.45) is 0 Å². The van der Waals surface area contributed by atoms with Crippen molar-refractivity contribution >= 4 is 6.09 Å². The lowest BCUT2D eigenvalue weighted by molar-refractivity contribution is -0.135. The van der Waals surface area contributed by atoms with Crippen molar-refractivity contribution in [1.29, 1.82) is 0 Å². The van der Waals surface area contributed by atoms with Crippen LogP contribution in [0.3, 0.4) is 0 Å². The molecule has 1 amide bonds. The van der Waals surface area contributed by atoms with Crippen molar-refractivity contribution in [3.05, 3.63) is 35.4 Å². The molecular formula is C26H35NO7. The highest BCUT2D eigenvalue weighted by atomic mass is 16.7. The first-order chi connectivity index (χ1) is 16.2. The predicted octanol–water partition coefficient (Wildman–Crippen LogP) is 3.32. The molecule has 1 aromatic rings. The molecular weight excluding hydrogens is 438 g/mol. The molecule has 8 heteroatoms. The summed E-state index contributed by atoms with van der Waals surface area (Å²) in [5, 5.41) is 12.6. The van der Waals surface area contributed by atoms with E-state index in [2.05, 4.69) is 17.2 Å².